The SMILES string of the molecule is C[C@@H](C(=O)N[C@H]1CCS[C@H]2CCC(C(=O)N[C@@H]3CCCc4ccccc43)N2C1=O)N(C)C(=O)OC(C)(C)C. The normalized spacial score (nSPS) is 25.9. The van der Waals surface area contributed by atoms with Crippen LogP contribution >= 0.6 is 11.8 Å². The van der Waals surface area contributed by atoms with Crippen molar-refractivity contribution in [3.05, 3.63) is 35.4 Å². The fourth-order valence-electron chi connectivity index (χ4n) is 5.39. The van der Waals surface area contributed by atoms with E-state index in [-0.39, 0.29) is 23.2 Å². The molecular formula is C28H40N4O5S. The average molecular weight is 545 g/mol. The number of fused-ring (bicyclic) bond motifs is 2. The topological polar surface area (TPSA) is 108 Å². The standard InChI is InChI=1S/C28H40N4O5S/c1-17(31(5)27(36)37-28(2,3)4)24(33)30-21-15-16-38-23-14-13-22(32(23)26(21)35)25(34)29-20-12-8-10-18-9-6-7-11-19(18)20/h6-7,9,11,17,20-23H,8,10,12-16H2,1-5H3,(H,29,34)(H,30,33)/t17-,20+,21-,22?,23-/m0/s1. The van der Waals surface area contributed by atoms with E-state index in [0.29, 0.717) is 18.6 Å². The van der Waals surface area contributed by atoms with Crippen LogP contribution in [0.25, 0.3) is 0 Å². The number of rotatable bonds is 5. The van der Waals surface area contributed by atoms with Gasteiger partial charge in [-0.2, -0.15) is 0 Å². The second-order valence-electron chi connectivity index (χ2n) is 11.4. The molecule has 208 valence electrons. The predicted molar refractivity (Wildman–Crippen MR) is 146 cm³/mol. The van der Waals surface area contributed by atoms with Crippen LogP contribution in [-0.2, 0) is 25.5 Å². The summed E-state index contributed by atoms with van der Waals surface area (Å²) in [4.78, 5) is 55.6. The van der Waals surface area contributed by atoms with E-state index in [4.69, 9.17) is 4.74 Å². The van der Waals surface area contributed by atoms with Crippen molar-refractivity contribution in [2.45, 2.75) is 101 Å². The molecule has 0 radical (unpaired) electrons. The van der Waals surface area contributed by atoms with Crippen molar-refractivity contribution in [1.82, 2.24) is 20.4 Å². The molecule has 9 nitrogen and oxygen atoms in total. The molecule has 2 fully saturated rings. The first kappa shape index (κ1) is 28.3. The van der Waals surface area contributed by atoms with E-state index in [1.807, 2.05) is 12.1 Å². The number of nitrogens with one attached hydrogen (secondary N) is 2. The van der Waals surface area contributed by atoms with E-state index in [1.54, 1.807) is 44.4 Å². The van der Waals surface area contributed by atoms with Gasteiger partial charge < -0.3 is 20.3 Å². The van der Waals surface area contributed by atoms with Crippen LogP contribution in [0.4, 0.5) is 4.79 Å². The highest BCUT2D eigenvalue weighted by Gasteiger charge is 2.46. The van der Waals surface area contributed by atoms with Gasteiger partial charge in [0.25, 0.3) is 0 Å². The quantitative estimate of drug-likeness (QED) is 0.589. The summed E-state index contributed by atoms with van der Waals surface area (Å²) < 4.78 is 5.37. The van der Waals surface area contributed by atoms with Crippen molar-refractivity contribution in [3.8, 4) is 0 Å². The number of carbonyl (C=O) groups is 4. The predicted octanol–water partition coefficient (Wildman–Crippen LogP) is 3.37. The van der Waals surface area contributed by atoms with Gasteiger partial charge >= 0.3 is 6.09 Å². The van der Waals surface area contributed by atoms with E-state index in [0.717, 1.165) is 31.2 Å². The van der Waals surface area contributed by atoms with Crippen molar-refractivity contribution in [1.29, 1.82) is 0 Å². The number of amides is 4. The molecule has 2 saturated heterocycles. The average Bonchev–Trinajstić information content (AvgIpc) is 3.23. The van der Waals surface area contributed by atoms with Crippen LogP contribution < -0.4 is 10.6 Å². The third kappa shape index (κ3) is 6.27. The first-order valence-electron chi connectivity index (χ1n) is 13.5. The summed E-state index contributed by atoms with van der Waals surface area (Å²) in [5.74, 6) is -0.104. The Balaban J connectivity index is 1.42. The van der Waals surface area contributed by atoms with Gasteiger partial charge in [0.1, 0.15) is 23.7 Å². The Labute approximate surface area is 229 Å². The van der Waals surface area contributed by atoms with Crippen molar-refractivity contribution < 1.29 is 23.9 Å². The fraction of sp³-hybridized carbons (Fsp3) is 0.643. The molecule has 4 amide bonds. The van der Waals surface area contributed by atoms with Crippen LogP contribution in [0.1, 0.15) is 77.0 Å². The maximum atomic E-state index is 13.7. The number of thioether (sulfide) groups is 1. The van der Waals surface area contributed by atoms with Crippen molar-refractivity contribution >= 4 is 35.6 Å². The lowest BCUT2D eigenvalue weighted by Gasteiger charge is -2.33. The Morgan fingerprint density at radius 2 is 1.82 bits per heavy atom. The Hall–Kier alpha value is -2.75. The number of nitrogens with zero attached hydrogens (tertiary/aromatic N) is 2. The summed E-state index contributed by atoms with van der Waals surface area (Å²) in [5.41, 5.74) is 1.74. The monoisotopic (exact) mass is 544 g/mol. The van der Waals surface area contributed by atoms with E-state index in [2.05, 4.69) is 22.8 Å². The third-order valence-electron chi connectivity index (χ3n) is 7.55. The molecule has 0 bridgehead atoms. The molecule has 1 unspecified atom stereocenters. The minimum Gasteiger partial charge on any atom is -0.444 e. The summed E-state index contributed by atoms with van der Waals surface area (Å²) in [6.45, 7) is 6.89. The summed E-state index contributed by atoms with van der Waals surface area (Å²) >= 11 is 1.66. The van der Waals surface area contributed by atoms with Crippen LogP contribution in [0, 0.1) is 0 Å². The van der Waals surface area contributed by atoms with Gasteiger partial charge in [-0.1, -0.05) is 24.3 Å². The molecule has 0 saturated carbocycles. The maximum Gasteiger partial charge on any atom is 0.410 e. The summed E-state index contributed by atoms with van der Waals surface area (Å²) in [6.07, 6.45) is 4.11. The zero-order valence-electron chi connectivity index (χ0n) is 23.0. The minimum atomic E-state index is -0.826. The van der Waals surface area contributed by atoms with Gasteiger partial charge in [-0.3, -0.25) is 19.3 Å². The first-order valence-corrected chi connectivity index (χ1v) is 14.6. The van der Waals surface area contributed by atoms with Crippen molar-refractivity contribution in [2.24, 2.45) is 0 Å². The fourth-order valence-corrected chi connectivity index (χ4v) is 6.75. The van der Waals surface area contributed by atoms with Crippen molar-refractivity contribution in [3.63, 3.8) is 0 Å². The van der Waals surface area contributed by atoms with E-state index in [1.165, 1.54) is 17.5 Å². The molecule has 5 atom stereocenters. The highest BCUT2D eigenvalue weighted by Crippen LogP contribution is 2.37. The molecule has 10 heteroatoms. The van der Waals surface area contributed by atoms with Crippen LogP contribution in [0.2, 0.25) is 0 Å². The molecule has 38 heavy (non-hydrogen) atoms. The summed E-state index contributed by atoms with van der Waals surface area (Å²) in [6, 6.07) is 6.02. The molecule has 1 aliphatic carbocycles. The van der Waals surface area contributed by atoms with Gasteiger partial charge in [-0.25, -0.2) is 4.79 Å². The molecule has 2 aliphatic heterocycles. The van der Waals surface area contributed by atoms with Crippen LogP contribution in [-0.4, -0.2) is 75.5 Å². The van der Waals surface area contributed by atoms with Gasteiger partial charge in [0.15, 0.2) is 0 Å². The lowest BCUT2D eigenvalue weighted by molar-refractivity contribution is -0.142. The molecular weight excluding hydrogens is 504 g/mol. The van der Waals surface area contributed by atoms with Gasteiger partial charge in [0.2, 0.25) is 17.7 Å². The Morgan fingerprint density at radius 3 is 2.55 bits per heavy atom. The van der Waals surface area contributed by atoms with Gasteiger partial charge in [-0.15, -0.1) is 11.8 Å². The zero-order valence-corrected chi connectivity index (χ0v) is 23.8. The number of hydrogen-bond donors (Lipinski definition) is 2. The molecule has 0 aromatic heterocycles. The molecule has 4 rings (SSSR count). The zero-order chi connectivity index (χ0) is 27.6. The van der Waals surface area contributed by atoms with Crippen LogP contribution in [0.3, 0.4) is 0 Å². The summed E-state index contributed by atoms with van der Waals surface area (Å²) in [7, 11) is 1.50. The van der Waals surface area contributed by atoms with E-state index >= 15 is 0 Å². The lowest BCUT2D eigenvalue weighted by Crippen LogP contribution is -2.57. The van der Waals surface area contributed by atoms with Gasteiger partial charge in [-0.05, 0) is 83.1 Å². The largest absolute Gasteiger partial charge is 0.444 e. The van der Waals surface area contributed by atoms with E-state index in [9.17, 15) is 19.2 Å². The first-order chi connectivity index (χ1) is 18.0. The molecule has 2 heterocycles. The van der Waals surface area contributed by atoms with E-state index < -0.39 is 35.7 Å². The molecule has 3 aliphatic rings. The number of aryl methyl sites for hydroxylation is 1. The Bertz CT molecular complexity index is 1070. The molecule has 2 N–H and O–H groups in total. The Kier molecular flexibility index (Phi) is 8.59. The number of carbonyl (C=O) groups excluding carboxylic acids is 4. The Morgan fingerprint density at radius 1 is 1.08 bits per heavy atom. The minimum absolute atomic E-state index is 0.0547. The summed E-state index contributed by atoms with van der Waals surface area (Å²) in [5, 5.41) is 5.99. The maximum absolute atomic E-state index is 13.7. The van der Waals surface area contributed by atoms with Gasteiger partial charge in [0.05, 0.1) is 11.4 Å². The second kappa shape index (κ2) is 11.6. The molecule has 0 spiro atoms. The number of benzene rings is 1. The van der Waals surface area contributed by atoms with Crippen LogP contribution in [0.5, 0.6) is 0 Å². The lowest BCUT2D eigenvalue weighted by atomic mass is 9.87. The number of hydrogen-bond acceptors (Lipinski definition) is 6. The smallest absolute Gasteiger partial charge is 0.410 e. The molecule has 1 aromatic carbocycles. The third-order valence-corrected chi connectivity index (χ3v) is 8.87. The second-order valence-corrected chi connectivity index (χ2v) is 12.7. The number of likely N-dealkylation sites (N-methyl/N-ethyl adjacent to an activating group) is 1. The highest BCUT2D eigenvalue weighted by molar-refractivity contribution is 7.99. The van der Waals surface area contributed by atoms with Crippen LogP contribution in [0.15, 0.2) is 24.3 Å². The van der Waals surface area contributed by atoms with Crippen molar-refractivity contribution in [2.75, 3.05) is 12.8 Å². The number of ether oxygens (including phenoxy) is 1. The van der Waals surface area contributed by atoms with Gasteiger partial charge in [0, 0.05) is 7.05 Å². The highest BCUT2D eigenvalue weighted by atomic mass is 32.2. The molecule has 1 aromatic rings.